The molecule has 2 aliphatic rings. The highest BCUT2D eigenvalue weighted by Gasteiger charge is 2.41. The van der Waals surface area contributed by atoms with Crippen molar-refractivity contribution in [2.75, 3.05) is 33.2 Å². The molecular weight excluding hydrogens is 284 g/mol. The molecule has 2 saturated heterocycles. The maximum Gasteiger partial charge on any atom is 0.144 e. The molecule has 0 saturated carbocycles. The molecule has 2 bridgehead atoms. The van der Waals surface area contributed by atoms with Crippen LogP contribution in [0.1, 0.15) is 18.5 Å². The van der Waals surface area contributed by atoms with Gasteiger partial charge in [-0.15, -0.1) is 0 Å². The molecule has 2 heterocycles. The first-order valence-electron chi connectivity index (χ1n) is 8.57. The summed E-state index contributed by atoms with van der Waals surface area (Å²) in [6, 6.07) is 15.5. The number of ketones is 1. The zero-order chi connectivity index (χ0) is 16.0. The van der Waals surface area contributed by atoms with Crippen molar-refractivity contribution in [3.05, 3.63) is 48.0 Å². The van der Waals surface area contributed by atoms with Crippen molar-refractivity contribution in [2.45, 2.75) is 13.0 Å². The van der Waals surface area contributed by atoms with Crippen molar-refractivity contribution in [3.63, 3.8) is 0 Å². The summed E-state index contributed by atoms with van der Waals surface area (Å²) in [6.07, 6.45) is 0. The van der Waals surface area contributed by atoms with E-state index < -0.39 is 0 Å². The van der Waals surface area contributed by atoms with E-state index in [1.54, 1.807) is 0 Å². The van der Waals surface area contributed by atoms with Gasteiger partial charge in [-0.2, -0.15) is 0 Å². The number of likely N-dealkylation sites (tertiary alicyclic amines) is 2. The van der Waals surface area contributed by atoms with E-state index in [-0.39, 0.29) is 11.8 Å². The largest absolute Gasteiger partial charge is 0.305 e. The van der Waals surface area contributed by atoms with Crippen LogP contribution in [0.3, 0.4) is 0 Å². The molecule has 3 atom stereocenters. The SMILES string of the molecule is C[C@H](c1cccc2ccccc12)N1C[C@H]2CN(C)C[C@@H](C1)C2=O. The van der Waals surface area contributed by atoms with Crippen LogP contribution in [0.5, 0.6) is 0 Å². The third-order valence-corrected chi connectivity index (χ3v) is 5.60. The van der Waals surface area contributed by atoms with Crippen LogP contribution in [0.25, 0.3) is 10.8 Å². The fourth-order valence-corrected chi connectivity index (χ4v) is 4.40. The fraction of sp³-hybridized carbons (Fsp3) is 0.450. The topological polar surface area (TPSA) is 23.6 Å². The second-order valence-electron chi connectivity index (χ2n) is 7.22. The lowest BCUT2D eigenvalue weighted by molar-refractivity contribution is -0.137. The van der Waals surface area contributed by atoms with Gasteiger partial charge in [0.05, 0.1) is 0 Å². The highest BCUT2D eigenvalue weighted by molar-refractivity contribution is 5.87. The van der Waals surface area contributed by atoms with E-state index in [0.717, 1.165) is 26.2 Å². The Balaban J connectivity index is 1.64. The zero-order valence-electron chi connectivity index (χ0n) is 13.9. The van der Waals surface area contributed by atoms with Gasteiger partial charge in [0, 0.05) is 44.1 Å². The van der Waals surface area contributed by atoms with Gasteiger partial charge in [0.1, 0.15) is 5.78 Å². The second kappa shape index (κ2) is 5.73. The number of carbonyl (C=O) groups excluding carboxylic acids is 1. The van der Waals surface area contributed by atoms with Crippen LogP contribution in [-0.4, -0.2) is 48.8 Å². The summed E-state index contributed by atoms with van der Waals surface area (Å²) in [5.74, 6) is 0.860. The number of hydrogen-bond acceptors (Lipinski definition) is 3. The molecule has 120 valence electrons. The smallest absolute Gasteiger partial charge is 0.144 e. The van der Waals surface area contributed by atoms with Crippen LogP contribution >= 0.6 is 0 Å². The standard InChI is InChI=1S/C20H24N2O/c1-14(18-9-5-7-15-6-3-4-8-19(15)18)22-12-16-10-21(2)11-17(13-22)20(16)23/h3-9,14,16-17H,10-13H2,1-2H3/t14-,16-,17+/m1/s1. The Hall–Kier alpha value is -1.71. The quantitative estimate of drug-likeness (QED) is 0.852. The molecule has 3 nitrogen and oxygen atoms in total. The summed E-state index contributed by atoms with van der Waals surface area (Å²) < 4.78 is 0. The molecule has 0 radical (unpaired) electrons. The highest BCUT2D eigenvalue weighted by Crippen LogP contribution is 2.33. The van der Waals surface area contributed by atoms with Gasteiger partial charge in [0.15, 0.2) is 0 Å². The third-order valence-electron chi connectivity index (χ3n) is 5.60. The van der Waals surface area contributed by atoms with E-state index in [1.165, 1.54) is 16.3 Å². The Morgan fingerprint density at radius 2 is 1.61 bits per heavy atom. The molecule has 0 spiro atoms. The number of Topliss-reactive ketones (excluding diaryl/α,β-unsaturated/α-hetero) is 1. The second-order valence-corrected chi connectivity index (χ2v) is 7.22. The number of benzene rings is 2. The minimum Gasteiger partial charge on any atom is -0.305 e. The van der Waals surface area contributed by atoms with Gasteiger partial charge < -0.3 is 4.90 Å². The summed E-state index contributed by atoms with van der Waals surface area (Å²) in [7, 11) is 2.14. The van der Waals surface area contributed by atoms with Crippen LogP contribution < -0.4 is 0 Å². The molecule has 0 N–H and O–H groups in total. The Morgan fingerprint density at radius 1 is 0.957 bits per heavy atom. The van der Waals surface area contributed by atoms with E-state index in [1.807, 2.05) is 0 Å². The summed E-state index contributed by atoms with van der Waals surface area (Å²) >= 11 is 0. The van der Waals surface area contributed by atoms with E-state index in [4.69, 9.17) is 0 Å². The minimum absolute atomic E-state index is 0.185. The zero-order valence-corrected chi connectivity index (χ0v) is 13.9. The average molecular weight is 308 g/mol. The molecule has 3 heteroatoms. The van der Waals surface area contributed by atoms with Crippen molar-refractivity contribution in [1.29, 1.82) is 0 Å². The van der Waals surface area contributed by atoms with E-state index in [2.05, 4.69) is 66.2 Å². The molecule has 2 aromatic rings. The highest BCUT2D eigenvalue weighted by atomic mass is 16.1. The predicted octanol–water partition coefficient (Wildman–Crippen LogP) is 2.96. The lowest BCUT2D eigenvalue weighted by Crippen LogP contribution is -2.57. The number of hydrogen-bond donors (Lipinski definition) is 0. The van der Waals surface area contributed by atoms with Crippen molar-refractivity contribution < 1.29 is 4.79 Å². The van der Waals surface area contributed by atoms with Crippen molar-refractivity contribution >= 4 is 16.6 Å². The summed E-state index contributed by atoms with van der Waals surface area (Å²) in [5.41, 5.74) is 1.38. The van der Waals surface area contributed by atoms with Gasteiger partial charge in [0.25, 0.3) is 0 Å². The molecule has 2 aliphatic heterocycles. The van der Waals surface area contributed by atoms with Crippen molar-refractivity contribution in [2.24, 2.45) is 11.8 Å². The molecule has 0 aliphatic carbocycles. The third kappa shape index (κ3) is 2.58. The number of piperidine rings is 2. The Labute approximate surface area is 137 Å². The molecular formula is C20H24N2O. The van der Waals surface area contributed by atoms with Crippen LogP contribution in [0.15, 0.2) is 42.5 Å². The van der Waals surface area contributed by atoms with E-state index in [0.29, 0.717) is 11.8 Å². The monoisotopic (exact) mass is 308 g/mol. The maximum absolute atomic E-state index is 12.4. The molecule has 2 aromatic carbocycles. The van der Waals surface area contributed by atoms with Crippen molar-refractivity contribution in [1.82, 2.24) is 9.80 Å². The number of fused-ring (bicyclic) bond motifs is 3. The molecule has 0 unspecified atom stereocenters. The Bertz CT molecular complexity index is 718. The first kappa shape index (κ1) is 14.9. The summed E-state index contributed by atoms with van der Waals surface area (Å²) in [6.45, 7) is 5.90. The van der Waals surface area contributed by atoms with Crippen LogP contribution in [0, 0.1) is 11.8 Å². The molecule has 2 fully saturated rings. The lowest BCUT2D eigenvalue weighted by atomic mass is 9.82. The van der Waals surface area contributed by atoms with Gasteiger partial charge in [-0.3, -0.25) is 9.69 Å². The molecule has 23 heavy (non-hydrogen) atoms. The predicted molar refractivity (Wildman–Crippen MR) is 93.4 cm³/mol. The van der Waals surface area contributed by atoms with Gasteiger partial charge in [-0.05, 0) is 30.3 Å². The number of nitrogens with zero attached hydrogens (tertiary/aromatic N) is 2. The van der Waals surface area contributed by atoms with Crippen LogP contribution in [0.4, 0.5) is 0 Å². The van der Waals surface area contributed by atoms with Crippen molar-refractivity contribution in [3.8, 4) is 0 Å². The maximum atomic E-state index is 12.4. The van der Waals surface area contributed by atoms with Gasteiger partial charge >= 0.3 is 0 Å². The van der Waals surface area contributed by atoms with Gasteiger partial charge in [-0.25, -0.2) is 0 Å². The molecule has 4 rings (SSSR count). The Morgan fingerprint density at radius 3 is 2.35 bits per heavy atom. The molecule has 0 amide bonds. The lowest BCUT2D eigenvalue weighted by Gasteiger charge is -2.45. The first-order chi connectivity index (χ1) is 11.1. The van der Waals surface area contributed by atoms with Gasteiger partial charge in [0.2, 0.25) is 0 Å². The van der Waals surface area contributed by atoms with Crippen LogP contribution in [0.2, 0.25) is 0 Å². The first-order valence-corrected chi connectivity index (χ1v) is 8.57. The van der Waals surface area contributed by atoms with Gasteiger partial charge in [-0.1, -0.05) is 42.5 Å². The fourth-order valence-electron chi connectivity index (χ4n) is 4.40. The van der Waals surface area contributed by atoms with Crippen LogP contribution in [-0.2, 0) is 4.79 Å². The Kier molecular flexibility index (Phi) is 3.70. The number of rotatable bonds is 2. The summed E-state index contributed by atoms with van der Waals surface area (Å²) in [5, 5.41) is 2.63. The normalized spacial score (nSPS) is 27.3. The average Bonchev–Trinajstić information content (AvgIpc) is 2.55. The van der Waals surface area contributed by atoms with E-state index >= 15 is 0 Å². The summed E-state index contributed by atoms with van der Waals surface area (Å²) in [4.78, 5) is 17.3. The van der Waals surface area contributed by atoms with E-state index in [9.17, 15) is 4.79 Å². The minimum atomic E-state index is 0.185. The molecule has 0 aromatic heterocycles. The number of carbonyl (C=O) groups is 1.